The van der Waals surface area contributed by atoms with E-state index in [1.54, 1.807) is 19.2 Å². The minimum Gasteiger partial charge on any atom is -0.286 e. The summed E-state index contributed by atoms with van der Waals surface area (Å²) in [4.78, 5) is 5.07. The Morgan fingerprint density at radius 3 is 1.45 bits per heavy atom. The third kappa shape index (κ3) is 16.6. The zero-order valence-electron chi connectivity index (χ0n) is 29.8. The summed E-state index contributed by atoms with van der Waals surface area (Å²) < 4.78 is 81.8. The Kier molecular flexibility index (Phi) is 20.5. The Bertz CT molecular complexity index is 1090. The average Bonchev–Trinajstić information content (AvgIpc) is 3.01. The van der Waals surface area contributed by atoms with Crippen LogP contribution in [-0.2, 0) is 34.7 Å². The number of aryl methyl sites for hydroxylation is 2. The summed E-state index contributed by atoms with van der Waals surface area (Å²) in [5, 5.41) is 0. The second-order valence-electron chi connectivity index (χ2n) is 13.2. The van der Waals surface area contributed by atoms with Crippen LogP contribution in [0.4, 0.5) is 26.3 Å². The molecule has 10 heteroatoms. The lowest BCUT2D eigenvalue weighted by Crippen LogP contribution is -2.44. The molecule has 2 aromatic carbocycles. The van der Waals surface area contributed by atoms with Gasteiger partial charge in [-0.2, -0.15) is 26.3 Å². The molecule has 2 rings (SSSR count). The van der Waals surface area contributed by atoms with Crippen molar-refractivity contribution in [3.05, 3.63) is 70.8 Å². The number of unbranched alkanes of at least 4 members (excludes halogenated alkanes) is 6. The normalized spacial score (nSPS) is 12.6. The molecule has 269 valence electrons. The number of rotatable bonds is 20. The van der Waals surface area contributed by atoms with Crippen LogP contribution in [0.3, 0.4) is 0 Å². The third-order valence-corrected chi connectivity index (χ3v) is 17.8. The average molecular weight is 706 g/mol. The molecule has 0 saturated heterocycles. The highest BCUT2D eigenvalue weighted by molar-refractivity contribution is 6.76. The minimum atomic E-state index is -4.26. The molecule has 0 spiro atoms. The first-order valence-electron chi connectivity index (χ1n) is 17.5. The maximum Gasteiger partial charge on any atom is 0.416 e. The molecule has 0 N–H and O–H groups in total. The molecule has 0 amide bonds. The van der Waals surface area contributed by atoms with Gasteiger partial charge in [-0.15, -0.1) is 0 Å². The molecule has 2 aromatic rings. The molecule has 2 nitrogen and oxygen atoms in total. The van der Waals surface area contributed by atoms with Crippen molar-refractivity contribution < 1.29 is 35.8 Å². The number of hydrogen-bond acceptors (Lipinski definition) is 2. The Labute approximate surface area is 283 Å². The third-order valence-electron chi connectivity index (χ3n) is 9.23. The fraction of sp³-hybridized carbons (Fsp3) is 0.676. The van der Waals surface area contributed by atoms with Crippen LogP contribution in [0.15, 0.2) is 48.5 Å². The molecular weight excluding hydrogens is 647 g/mol. The van der Waals surface area contributed by atoms with Crippen molar-refractivity contribution in [2.45, 2.75) is 153 Å². The van der Waals surface area contributed by atoms with E-state index < -0.39 is 31.8 Å². The van der Waals surface area contributed by atoms with E-state index in [9.17, 15) is 26.3 Å². The van der Waals surface area contributed by atoms with Gasteiger partial charge in [0.2, 0.25) is 8.32 Å². The van der Waals surface area contributed by atoms with Crippen molar-refractivity contribution in [1.29, 1.82) is 0 Å². The highest BCUT2D eigenvalue weighted by Gasteiger charge is 2.43. The lowest BCUT2D eigenvalue weighted by Gasteiger charge is -2.36. The van der Waals surface area contributed by atoms with E-state index in [0.29, 0.717) is 17.5 Å². The van der Waals surface area contributed by atoms with Crippen LogP contribution in [-0.4, -0.2) is 24.2 Å². The monoisotopic (exact) mass is 705 g/mol. The highest BCUT2D eigenvalue weighted by atomic mass is 28.4. The van der Waals surface area contributed by atoms with Gasteiger partial charge in [0.1, 0.15) is 0 Å². The quantitative estimate of drug-likeness (QED) is 0.0449. The zero-order valence-corrected chi connectivity index (χ0v) is 31.8. The van der Waals surface area contributed by atoms with E-state index in [4.69, 9.17) is 9.46 Å². The SMILES string of the molecule is CC[Si](CC)CCCCCCc1cccc(C(F)(F)F)c1.COO[Si](CCCCCCc1cccc(C(F)(F)F)c1)(C(C)C)C(C)C. The Morgan fingerprint density at radius 2 is 1.06 bits per heavy atom. The van der Waals surface area contributed by atoms with Crippen LogP contribution in [0.2, 0.25) is 35.3 Å². The minimum absolute atomic E-state index is 0.109. The molecule has 0 aliphatic heterocycles. The molecule has 0 saturated carbocycles. The van der Waals surface area contributed by atoms with Gasteiger partial charge >= 0.3 is 12.4 Å². The summed E-state index contributed by atoms with van der Waals surface area (Å²) in [6.45, 7) is 13.4. The van der Waals surface area contributed by atoms with Crippen LogP contribution in [0.25, 0.3) is 0 Å². The first-order chi connectivity index (χ1) is 22.1. The second kappa shape index (κ2) is 22.2. The van der Waals surface area contributed by atoms with Crippen LogP contribution in [0.1, 0.15) is 115 Å². The first kappa shape index (κ1) is 43.4. The Balaban J connectivity index is 0.000000481. The summed E-state index contributed by atoms with van der Waals surface area (Å²) in [5.74, 6) is 0. The van der Waals surface area contributed by atoms with Crippen molar-refractivity contribution in [2.75, 3.05) is 7.11 Å². The fourth-order valence-corrected chi connectivity index (χ4v) is 12.2. The van der Waals surface area contributed by atoms with Gasteiger partial charge in [-0.05, 0) is 66.1 Å². The van der Waals surface area contributed by atoms with E-state index in [1.165, 1.54) is 55.2 Å². The molecule has 47 heavy (non-hydrogen) atoms. The van der Waals surface area contributed by atoms with E-state index in [2.05, 4.69) is 41.5 Å². The molecule has 0 atom stereocenters. The number of benzene rings is 2. The van der Waals surface area contributed by atoms with Gasteiger partial charge in [0, 0.05) is 8.80 Å². The van der Waals surface area contributed by atoms with E-state index in [0.717, 1.165) is 74.2 Å². The summed E-state index contributed by atoms with van der Waals surface area (Å²) in [5.41, 5.74) is 1.43. The number of hydrogen-bond donors (Lipinski definition) is 0. The predicted octanol–water partition coefficient (Wildman–Crippen LogP) is 13.5. The summed E-state index contributed by atoms with van der Waals surface area (Å²) >= 11 is 0. The summed E-state index contributed by atoms with van der Waals surface area (Å²) in [6.07, 6.45) is 1.64. The number of alkyl halides is 6. The van der Waals surface area contributed by atoms with Gasteiger partial charge in [0.05, 0.1) is 18.2 Å². The Morgan fingerprint density at radius 1 is 0.638 bits per heavy atom. The first-order valence-corrected chi connectivity index (χ1v) is 21.9. The lowest BCUT2D eigenvalue weighted by atomic mass is 10.0. The van der Waals surface area contributed by atoms with Gasteiger partial charge < -0.3 is 0 Å². The molecule has 0 bridgehead atoms. The van der Waals surface area contributed by atoms with Crippen molar-refractivity contribution in [2.24, 2.45) is 0 Å². The second-order valence-corrected chi connectivity index (χ2v) is 21.5. The van der Waals surface area contributed by atoms with Crippen LogP contribution in [0.5, 0.6) is 0 Å². The van der Waals surface area contributed by atoms with E-state index in [-0.39, 0.29) is 8.80 Å². The molecule has 0 aliphatic rings. The zero-order chi connectivity index (χ0) is 35.5. The summed E-state index contributed by atoms with van der Waals surface area (Å²) in [6, 6.07) is 16.5. The van der Waals surface area contributed by atoms with Gasteiger partial charge in [0.15, 0.2) is 0 Å². The van der Waals surface area contributed by atoms with Crippen LogP contribution in [0, 0.1) is 0 Å². The van der Waals surface area contributed by atoms with Gasteiger partial charge in [-0.3, -0.25) is 9.46 Å². The van der Waals surface area contributed by atoms with E-state index >= 15 is 0 Å². The van der Waals surface area contributed by atoms with Gasteiger partial charge in [0.25, 0.3) is 0 Å². The van der Waals surface area contributed by atoms with Crippen molar-refractivity contribution in [3.8, 4) is 0 Å². The van der Waals surface area contributed by atoms with Gasteiger partial charge in [-0.1, -0.05) is 135 Å². The molecule has 0 heterocycles. The smallest absolute Gasteiger partial charge is 0.286 e. The summed E-state index contributed by atoms with van der Waals surface area (Å²) in [7, 11) is -0.474. The van der Waals surface area contributed by atoms with Crippen molar-refractivity contribution >= 4 is 17.1 Å². The van der Waals surface area contributed by atoms with Gasteiger partial charge in [-0.25, -0.2) is 0 Å². The Hall–Kier alpha value is -1.63. The fourth-order valence-electron chi connectivity index (χ4n) is 6.18. The topological polar surface area (TPSA) is 18.5 Å². The molecule has 0 fully saturated rings. The van der Waals surface area contributed by atoms with Crippen molar-refractivity contribution in [1.82, 2.24) is 0 Å². The molecule has 0 aliphatic carbocycles. The maximum absolute atomic E-state index is 12.7. The van der Waals surface area contributed by atoms with Crippen LogP contribution >= 0.6 is 0 Å². The molecular formula is C37H59F6O2Si2. The van der Waals surface area contributed by atoms with Crippen LogP contribution < -0.4 is 0 Å². The van der Waals surface area contributed by atoms with Crippen molar-refractivity contribution in [3.63, 3.8) is 0 Å². The molecule has 1 radical (unpaired) electrons. The largest absolute Gasteiger partial charge is 0.416 e. The molecule has 0 aromatic heterocycles. The molecule has 0 unspecified atom stereocenters. The predicted molar refractivity (Wildman–Crippen MR) is 188 cm³/mol. The van der Waals surface area contributed by atoms with E-state index in [1.807, 2.05) is 0 Å². The standard InChI is InChI=1S/C20H33F3O2Si.C17H26F3Si/c1-16(2)26(17(3)4,25-24-5)14-9-7-6-8-11-18-12-10-13-19(15-18)20(21,22)23;1-3-21(4-2)13-8-6-5-7-10-15-11-9-12-16(14-15)17(18,19)20/h10,12-13,15-17H,6-9,11,14H2,1-5H3;9,11-12,14H,3-8,10,13H2,1-2H3. The lowest BCUT2D eigenvalue weighted by molar-refractivity contribution is -0.194. The number of halogens is 6. The highest BCUT2D eigenvalue weighted by Crippen LogP contribution is 2.38. The maximum atomic E-state index is 12.7.